The number of halogens is 1. The van der Waals surface area contributed by atoms with Crippen LogP contribution >= 0.6 is 0 Å². The summed E-state index contributed by atoms with van der Waals surface area (Å²) < 4.78 is 20.6. The molecule has 178 valence electrons. The van der Waals surface area contributed by atoms with Crippen LogP contribution in [0.15, 0.2) is 42.7 Å². The van der Waals surface area contributed by atoms with Crippen molar-refractivity contribution in [2.45, 2.75) is 38.6 Å². The number of hydrogen-bond donors (Lipinski definition) is 1. The SMILES string of the molecule is Cc1cc(Nc2cnc3c(c2)N2C(=O)CCC2CO3)ncc1-c1ccc(N2CCCC2=O)c(F)c1. The molecule has 0 radical (unpaired) electrons. The van der Waals surface area contributed by atoms with Crippen molar-refractivity contribution >= 4 is 34.7 Å². The Morgan fingerprint density at radius 1 is 1.06 bits per heavy atom. The normalized spacial score (nSPS) is 19.0. The largest absolute Gasteiger partial charge is 0.474 e. The molecule has 2 aromatic heterocycles. The second kappa shape index (κ2) is 8.33. The van der Waals surface area contributed by atoms with Crippen molar-refractivity contribution in [1.82, 2.24) is 9.97 Å². The van der Waals surface area contributed by atoms with Crippen molar-refractivity contribution in [3.05, 3.63) is 54.1 Å². The molecule has 0 bridgehead atoms. The van der Waals surface area contributed by atoms with Gasteiger partial charge in [0, 0.05) is 31.1 Å². The summed E-state index contributed by atoms with van der Waals surface area (Å²) in [5.41, 5.74) is 4.10. The van der Waals surface area contributed by atoms with E-state index in [-0.39, 0.29) is 17.9 Å². The zero-order valence-electron chi connectivity index (χ0n) is 19.3. The number of ether oxygens (including phenoxy) is 1. The minimum absolute atomic E-state index is 0.0437. The fourth-order valence-electron chi connectivity index (χ4n) is 5.07. The second-order valence-corrected chi connectivity index (χ2v) is 9.14. The van der Waals surface area contributed by atoms with Gasteiger partial charge in [0.05, 0.1) is 23.6 Å². The number of rotatable bonds is 4. The van der Waals surface area contributed by atoms with Gasteiger partial charge in [-0.25, -0.2) is 14.4 Å². The molecular formula is C26H24FN5O3. The van der Waals surface area contributed by atoms with E-state index >= 15 is 0 Å². The molecule has 1 unspecified atom stereocenters. The van der Waals surface area contributed by atoms with Gasteiger partial charge >= 0.3 is 0 Å². The highest BCUT2D eigenvalue weighted by Crippen LogP contribution is 2.39. The molecule has 35 heavy (non-hydrogen) atoms. The fourth-order valence-corrected chi connectivity index (χ4v) is 5.07. The summed E-state index contributed by atoms with van der Waals surface area (Å²) in [6.07, 6.45) is 5.86. The highest BCUT2D eigenvalue weighted by Gasteiger charge is 2.38. The number of nitrogens with zero attached hydrogens (tertiary/aromatic N) is 4. The van der Waals surface area contributed by atoms with Gasteiger partial charge in [-0.3, -0.25) is 9.59 Å². The number of carbonyl (C=O) groups excluding carboxylic acids is 2. The molecule has 2 amide bonds. The van der Waals surface area contributed by atoms with Gasteiger partial charge in [0.2, 0.25) is 17.7 Å². The van der Waals surface area contributed by atoms with Gasteiger partial charge in [-0.2, -0.15) is 0 Å². The van der Waals surface area contributed by atoms with Crippen LogP contribution in [-0.2, 0) is 9.59 Å². The van der Waals surface area contributed by atoms with Gasteiger partial charge in [0.1, 0.15) is 23.9 Å². The van der Waals surface area contributed by atoms with Crippen molar-refractivity contribution in [1.29, 1.82) is 0 Å². The first-order valence-corrected chi connectivity index (χ1v) is 11.8. The lowest BCUT2D eigenvalue weighted by Crippen LogP contribution is -2.40. The average molecular weight is 474 g/mol. The van der Waals surface area contributed by atoms with Gasteiger partial charge in [0.25, 0.3) is 0 Å². The highest BCUT2D eigenvalue weighted by molar-refractivity contribution is 5.98. The summed E-state index contributed by atoms with van der Waals surface area (Å²) >= 11 is 0. The van der Waals surface area contributed by atoms with Crippen LogP contribution in [0.25, 0.3) is 11.1 Å². The van der Waals surface area contributed by atoms with Crippen LogP contribution in [0.5, 0.6) is 5.88 Å². The zero-order chi connectivity index (χ0) is 24.1. The standard InChI is InChI=1S/C26H24FN5O3/c1-15-9-23(30-17-11-22-26(29-12-17)35-14-18-5-7-25(34)32(18)22)28-13-19(15)16-4-6-21(20(27)10-16)31-8-2-3-24(31)33/h4,6,9-13,18H,2-3,5,7-8,14H2,1H3,(H,28,30). The van der Waals surface area contributed by atoms with Crippen LogP contribution in [0.3, 0.4) is 0 Å². The van der Waals surface area contributed by atoms with E-state index in [1.165, 1.54) is 11.0 Å². The number of fused-ring (bicyclic) bond motifs is 3. The third kappa shape index (κ3) is 3.77. The van der Waals surface area contributed by atoms with Crippen LogP contribution in [0, 0.1) is 12.7 Å². The Hall–Kier alpha value is -4.01. The molecule has 3 aromatic rings. The highest BCUT2D eigenvalue weighted by atomic mass is 19.1. The van der Waals surface area contributed by atoms with Crippen molar-refractivity contribution in [3.63, 3.8) is 0 Å². The van der Waals surface area contributed by atoms with Crippen LogP contribution in [-0.4, -0.2) is 41.0 Å². The Morgan fingerprint density at radius 3 is 2.71 bits per heavy atom. The van der Waals surface area contributed by atoms with Gasteiger partial charge < -0.3 is 19.9 Å². The van der Waals surface area contributed by atoms with E-state index in [1.807, 2.05) is 25.1 Å². The lowest BCUT2D eigenvalue weighted by atomic mass is 10.0. The summed E-state index contributed by atoms with van der Waals surface area (Å²) in [4.78, 5) is 36.5. The van der Waals surface area contributed by atoms with Gasteiger partial charge in [-0.05, 0) is 55.2 Å². The summed E-state index contributed by atoms with van der Waals surface area (Å²) in [6.45, 7) is 2.95. The number of amides is 2. The van der Waals surface area contributed by atoms with Crippen molar-refractivity contribution in [3.8, 4) is 17.0 Å². The number of pyridine rings is 2. The molecule has 1 atom stereocenters. The molecule has 8 nitrogen and oxygen atoms in total. The molecular weight excluding hydrogens is 449 g/mol. The Kier molecular flexibility index (Phi) is 5.12. The Bertz CT molecular complexity index is 1360. The van der Waals surface area contributed by atoms with Crippen LogP contribution < -0.4 is 19.9 Å². The minimum Gasteiger partial charge on any atom is -0.474 e. The predicted molar refractivity (Wildman–Crippen MR) is 129 cm³/mol. The smallest absolute Gasteiger partial charge is 0.238 e. The summed E-state index contributed by atoms with van der Waals surface area (Å²) in [7, 11) is 0. The van der Waals surface area contributed by atoms with E-state index in [1.54, 1.807) is 23.4 Å². The van der Waals surface area contributed by atoms with E-state index in [0.29, 0.717) is 60.3 Å². The maximum absolute atomic E-state index is 14.8. The van der Waals surface area contributed by atoms with Gasteiger partial charge in [-0.15, -0.1) is 0 Å². The fraction of sp³-hybridized carbons (Fsp3) is 0.308. The van der Waals surface area contributed by atoms with E-state index in [4.69, 9.17) is 4.74 Å². The Balaban J connectivity index is 1.24. The number of aromatic nitrogens is 2. The molecule has 0 aliphatic carbocycles. The molecule has 0 spiro atoms. The molecule has 2 saturated heterocycles. The number of anilines is 4. The zero-order valence-corrected chi connectivity index (χ0v) is 19.3. The molecule has 6 rings (SSSR count). The summed E-state index contributed by atoms with van der Waals surface area (Å²) in [5, 5.41) is 3.25. The van der Waals surface area contributed by atoms with E-state index in [2.05, 4.69) is 15.3 Å². The molecule has 5 heterocycles. The molecule has 0 saturated carbocycles. The quantitative estimate of drug-likeness (QED) is 0.606. The Labute approximate surface area is 201 Å². The first-order valence-electron chi connectivity index (χ1n) is 11.8. The Morgan fingerprint density at radius 2 is 1.94 bits per heavy atom. The molecule has 3 aliphatic rings. The third-order valence-corrected chi connectivity index (χ3v) is 6.84. The number of nitrogens with one attached hydrogen (secondary N) is 1. The number of hydrogen-bond acceptors (Lipinski definition) is 6. The maximum atomic E-state index is 14.8. The lowest BCUT2D eigenvalue weighted by Gasteiger charge is -2.31. The lowest BCUT2D eigenvalue weighted by molar-refractivity contribution is -0.118. The maximum Gasteiger partial charge on any atom is 0.238 e. The van der Waals surface area contributed by atoms with Gasteiger partial charge in [-0.1, -0.05) is 6.07 Å². The monoisotopic (exact) mass is 473 g/mol. The summed E-state index contributed by atoms with van der Waals surface area (Å²) in [5.74, 6) is 0.690. The minimum atomic E-state index is -0.420. The van der Waals surface area contributed by atoms with Crippen LogP contribution in [0.4, 0.5) is 27.3 Å². The van der Waals surface area contributed by atoms with Crippen LogP contribution in [0.2, 0.25) is 0 Å². The molecule has 1 N–H and O–H groups in total. The van der Waals surface area contributed by atoms with Crippen molar-refractivity contribution in [2.24, 2.45) is 0 Å². The first-order chi connectivity index (χ1) is 17.0. The average Bonchev–Trinajstić information content (AvgIpc) is 3.44. The number of benzene rings is 1. The van der Waals surface area contributed by atoms with Crippen molar-refractivity contribution in [2.75, 3.05) is 28.3 Å². The van der Waals surface area contributed by atoms with Crippen molar-refractivity contribution < 1.29 is 18.7 Å². The third-order valence-electron chi connectivity index (χ3n) is 6.84. The van der Waals surface area contributed by atoms with Gasteiger partial charge in [0.15, 0.2) is 0 Å². The summed E-state index contributed by atoms with van der Waals surface area (Å²) in [6, 6.07) is 8.73. The topological polar surface area (TPSA) is 87.7 Å². The van der Waals surface area contributed by atoms with Crippen LogP contribution in [0.1, 0.15) is 31.2 Å². The van der Waals surface area contributed by atoms with E-state index in [0.717, 1.165) is 24.0 Å². The van der Waals surface area contributed by atoms with E-state index in [9.17, 15) is 14.0 Å². The van der Waals surface area contributed by atoms with E-state index < -0.39 is 5.82 Å². The number of carbonyl (C=O) groups is 2. The predicted octanol–water partition coefficient (Wildman–Crippen LogP) is 4.35. The number of aryl methyl sites for hydroxylation is 1. The molecule has 1 aromatic carbocycles. The molecule has 9 heteroatoms. The molecule has 2 fully saturated rings. The first kappa shape index (κ1) is 21.5. The molecule has 3 aliphatic heterocycles. The second-order valence-electron chi connectivity index (χ2n) is 9.14.